The number of halogens is 1. The van der Waals surface area contributed by atoms with Gasteiger partial charge in [0.1, 0.15) is 16.2 Å². The second-order valence-electron chi connectivity index (χ2n) is 4.58. The molecule has 112 valence electrons. The SMILES string of the molecule is C[C@H](Sc1ncnc2sccc12)C(=O)Nc1cccc(Cl)c1. The summed E-state index contributed by atoms with van der Waals surface area (Å²) in [5.41, 5.74) is 0.688. The van der Waals surface area contributed by atoms with Crippen LogP contribution in [0.4, 0.5) is 5.69 Å². The van der Waals surface area contributed by atoms with E-state index >= 15 is 0 Å². The van der Waals surface area contributed by atoms with E-state index in [9.17, 15) is 4.79 Å². The number of rotatable bonds is 4. The Morgan fingerprint density at radius 1 is 1.36 bits per heavy atom. The van der Waals surface area contributed by atoms with Gasteiger partial charge in [0.25, 0.3) is 0 Å². The summed E-state index contributed by atoms with van der Waals surface area (Å²) in [5.74, 6) is -0.0886. The van der Waals surface area contributed by atoms with Gasteiger partial charge >= 0.3 is 0 Å². The number of fused-ring (bicyclic) bond motifs is 1. The number of thiophene rings is 1. The monoisotopic (exact) mass is 349 g/mol. The highest BCUT2D eigenvalue weighted by Gasteiger charge is 2.17. The number of nitrogens with one attached hydrogen (secondary N) is 1. The lowest BCUT2D eigenvalue weighted by atomic mass is 10.3. The maximum absolute atomic E-state index is 12.3. The minimum absolute atomic E-state index is 0.0886. The second kappa shape index (κ2) is 6.64. The first-order valence-electron chi connectivity index (χ1n) is 6.55. The van der Waals surface area contributed by atoms with Crippen molar-refractivity contribution in [1.82, 2.24) is 9.97 Å². The van der Waals surface area contributed by atoms with Crippen LogP contribution in [-0.4, -0.2) is 21.1 Å². The summed E-state index contributed by atoms with van der Waals surface area (Å²) >= 11 is 8.90. The average Bonchev–Trinajstić information content (AvgIpc) is 2.96. The molecule has 2 aromatic heterocycles. The number of hydrogen-bond donors (Lipinski definition) is 1. The Balaban J connectivity index is 1.72. The maximum Gasteiger partial charge on any atom is 0.237 e. The lowest BCUT2D eigenvalue weighted by Crippen LogP contribution is -2.22. The molecule has 0 spiro atoms. The van der Waals surface area contributed by atoms with Gasteiger partial charge in [-0.05, 0) is 36.6 Å². The molecule has 7 heteroatoms. The number of amides is 1. The normalized spacial score (nSPS) is 12.3. The summed E-state index contributed by atoms with van der Waals surface area (Å²) in [4.78, 5) is 21.7. The van der Waals surface area contributed by atoms with E-state index in [4.69, 9.17) is 11.6 Å². The van der Waals surface area contributed by atoms with E-state index in [1.165, 1.54) is 18.1 Å². The van der Waals surface area contributed by atoms with Crippen LogP contribution in [0.25, 0.3) is 10.2 Å². The van der Waals surface area contributed by atoms with Crippen LogP contribution in [0.3, 0.4) is 0 Å². The van der Waals surface area contributed by atoms with E-state index in [1.54, 1.807) is 29.5 Å². The zero-order valence-corrected chi connectivity index (χ0v) is 14.0. The van der Waals surface area contributed by atoms with Crippen molar-refractivity contribution in [3.8, 4) is 0 Å². The predicted molar refractivity (Wildman–Crippen MR) is 92.8 cm³/mol. The number of carbonyl (C=O) groups excluding carboxylic acids is 1. The molecule has 1 aromatic carbocycles. The smallest absolute Gasteiger partial charge is 0.237 e. The van der Waals surface area contributed by atoms with Gasteiger partial charge < -0.3 is 5.32 Å². The zero-order chi connectivity index (χ0) is 15.5. The van der Waals surface area contributed by atoms with Crippen molar-refractivity contribution >= 4 is 56.5 Å². The lowest BCUT2D eigenvalue weighted by Gasteiger charge is -2.12. The number of aromatic nitrogens is 2. The third-order valence-corrected chi connectivity index (χ3v) is 5.15. The van der Waals surface area contributed by atoms with Crippen LogP contribution in [0.1, 0.15) is 6.92 Å². The topological polar surface area (TPSA) is 54.9 Å². The molecular formula is C15H12ClN3OS2. The Labute approximate surface area is 140 Å². The van der Waals surface area contributed by atoms with E-state index in [1.807, 2.05) is 24.4 Å². The fourth-order valence-corrected chi connectivity index (χ4v) is 3.78. The largest absolute Gasteiger partial charge is 0.325 e. The third-order valence-electron chi connectivity index (χ3n) is 2.97. The van der Waals surface area contributed by atoms with Crippen molar-refractivity contribution < 1.29 is 4.79 Å². The molecule has 3 aromatic rings. The first-order chi connectivity index (χ1) is 10.6. The standard InChI is InChI=1S/C15H12ClN3OS2/c1-9(13(20)19-11-4-2-3-10(16)7-11)22-15-12-5-6-21-14(12)17-8-18-15/h2-9H,1H3,(H,19,20)/t9-/m0/s1. The van der Waals surface area contributed by atoms with E-state index in [-0.39, 0.29) is 11.2 Å². The molecule has 1 atom stereocenters. The first kappa shape index (κ1) is 15.3. The number of carbonyl (C=O) groups is 1. The van der Waals surface area contributed by atoms with Crippen LogP contribution in [-0.2, 0) is 4.79 Å². The van der Waals surface area contributed by atoms with E-state index in [0.717, 1.165) is 15.2 Å². The first-order valence-corrected chi connectivity index (χ1v) is 8.68. The molecule has 4 nitrogen and oxygen atoms in total. The van der Waals surface area contributed by atoms with E-state index in [2.05, 4.69) is 15.3 Å². The average molecular weight is 350 g/mol. The van der Waals surface area contributed by atoms with E-state index < -0.39 is 0 Å². The molecule has 0 saturated carbocycles. The highest BCUT2D eigenvalue weighted by atomic mass is 35.5. The highest BCUT2D eigenvalue weighted by Crippen LogP contribution is 2.30. The van der Waals surface area contributed by atoms with Gasteiger partial charge in [0.15, 0.2) is 0 Å². The summed E-state index contributed by atoms with van der Waals surface area (Å²) in [6.45, 7) is 1.85. The molecule has 0 saturated heterocycles. The molecule has 0 aliphatic heterocycles. The molecular weight excluding hydrogens is 338 g/mol. The molecule has 3 rings (SSSR count). The fraction of sp³-hybridized carbons (Fsp3) is 0.133. The van der Waals surface area contributed by atoms with Gasteiger partial charge in [0.05, 0.1) is 5.25 Å². The maximum atomic E-state index is 12.3. The van der Waals surface area contributed by atoms with Crippen LogP contribution in [0.15, 0.2) is 47.1 Å². The van der Waals surface area contributed by atoms with E-state index in [0.29, 0.717) is 10.7 Å². The lowest BCUT2D eigenvalue weighted by molar-refractivity contribution is -0.115. The van der Waals surface area contributed by atoms with Gasteiger partial charge in [-0.2, -0.15) is 0 Å². The summed E-state index contributed by atoms with van der Waals surface area (Å²) in [7, 11) is 0. The van der Waals surface area contributed by atoms with Crippen molar-refractivity contribution in [2.45, 2.75) is 17.2 Å². The molecule has 0 unspecified atom stereocenters. The third kappa shape index (κ3) is 3.40. The van der Waals surface area contributed by atoms with Crippen molar-refractivity contribution in [2.24, 2.45) is 0 Å². The minimum Gasteiger partial charge on any atom is -0.325 e. The molecule has 2 heterocycles. The Bertz CT molecular complexity index is 821. The Morgan fingerprint density at radius 3 is 3.05 bits per heavy atom. The van der Waals surface area contributed by atoms with Crippen molar-refractivity contribution in [3.63, 3.8) is 0 Å². The number of anilines is 1. The number of benzene rings is 1. The molecule has 0 bridgehead atoms. The minimum atomic E-state index is -0.281. The van der Waals surface area contributed by atoms with Crippen molar-refractivity contribution in [2.75, 3.05) is 5.32 Å². The van der Waals surface area contributed by atoms with Crippen LogP contribution in [0, 0.1) is 0 Å². The number of nitrogens with zero attached hydrogens (tertiary/aromatic N) is 2. The highest BCUT2D eigenvalue weighted by molar-refractivity contribution is 8.00. The van der Waals surface area contributed by atoms with Gasteiger partial charge in [-0.3, -0.25) is 4.79 Å². The zero-order valence-electron chi connectivity index (χ0n) is 11.6. The molecule has 0 aliphatic carbocycles. The molecule has 1 N–H and O–H groups in total. The van der Waals surface area contributed by atoms with Crippen molar-refractivity contribution in [3.05, 3.63) is 47.1 Å². The van der Waals surface area contributed by atoms with Gasteiger partial charge in [-0.1, -0.05) is 29.4 Å². The quantitative estimate of drug-likeness (QED) is 0.558. The Morgan fingerprint density at radius 2 is 2.23 bits per heavy atom. The molecule has 0 radical (unpaired) electrons. The summed E-state index contributed by atoms with van der Waals surface area (Å²) in [6, 6.07) is 9.07. The number of hydrogen-bond acceptors (Lipinski definition) is 5. The molecule has 22 heavy (non-hydrogen) atoms. The van der Waals surface area contributed by atoms with Crippen LogP contribution >= 0.6 is 34.7 Å². The second-order valence-corrected chi connectivity index (χ2v) is 7.24. The van der Waals surface area contributed by atoms with Gasteiger partial charge in [-0.25, -0.2) is 9.97 Å². The summed E-state index contributed by atoms with van der Waals surface area (Å²) in [5, 5.41) is 6.95. The predicted octanol–water partition coefficient (Wildman–Crippen LogP) is 4.46. The van der Waals surface area contributed by atoms with Crippen molar-refractivity contribution in [1.29, 1.82) is 0 Å². The van der Waals surface area contributed by atoms with Gasteiger partial charge in [0, 0.05) is 16.1 Å². The summed E-state index contributed by atoms with van der Waals surface area (Å²) in [6.07, 6.45) is 1.53. The number of thioether (sulfide) groups is 1. The van der Waals surface area contributed by atoms with Gasteiger partial charge in [0.2, 0.25) is 5.91 Å². The Kier molecular flexibility index (Phi) is 4.61. The van der Waals surface area contributed by atoms with Crippen LogP contribution in [0.2, 0.25) is 5.02 Å². The molecule has 1 amide bonds. The fourth-order valence-electron chi connectivity index (χ4n) is 1.89. The summed E-state index contributed by atoms with van der Waals surface area (Å²) < 4.78 is 0. The van der Waals surface area contributed by atoms with Gasteiger partial charge in [-0.15, -0.1) is 11.3 Å². The Hall–Kier alpha value is -1.63. The van der Waals surface area contributed by atoms with Crippen LogP contribution in [0.5, 0.6) is 0 Å². The molecule has 0 aliphatic rings. The molecule has 0 fully saturated rings. The van der Waals surface area contributed by atoms with Crippen LogP contribution < -0.4 is 5.32 Å².